The van der Waals surface area contributed by atoms with E-state index in [1.807, 2.05) is 0 Å². The van der Waals surface area contributed by atoms with Crippen LogP contribution in [0.5, 0.6) is 0 Å². The number of rotatable bonds is 2. The third-order valence-electron chi connectivity index (χ3n) is 3.68. The molecule has 7 heteroatoms. The van der Waals surface area contributed by atoms with Crippen molar-refractivity contribution in [1.82, 2.24) is 10.2 Å². The van der Waals surface area contributed by atoms with Crippen molar-refractivity contribution in [3.63, 3.8) is 0 Å². The number of nitrogens with one attached hydrogen (secondary N) is 1. The number of hydrogen-bond donors (Lipinski definition) is 1. The third kappa shape index (κ3) is 2.13. The van der Waals surface area contributed by atoms with E-state index in [0.29, 0.717) is 37.6 Å². The zero-order valence-corrected chi connectivity index (χ0v) is 12.4. The summed E-state index contributed by atoms with van der Waals surface area (Å²) in [7, 11) is -2.15. The molecule has 1 fully saturated rings. The number of hydrogen-bond acceptors (Lipinski definition) is 5. The van der Waals surface area contributed by atoms with Crippen molar-refractivity contribution in [2.75, 3.05) is 33.4 Å². The molecule has 0 aliphatic carbocycles. The van der Waals surface area contributed by atoms with Crippen LogP contribution in [0.1, 0.15) is 5.56 Å². The maximum atomic E-state index is 12.7. The number of carbonyl (C=O) groups excluding carboxylic acids is 1. The fourth-order valence-corrected chi connectivity index (χ4v) is 4.43. The predicted molar refractivity (Wildman–Crippen MR) is 77.0 cm³/mol. The topological polar surface area (TPSA) is 75.7 Å². The standard InChI is InChI=1S/C14H16N2O4S/c1-15-12-10-4-2-3-5-11(10)21(18,19)13(12)14(17)16-6-8-20-9-7-16/h2-5,15H,6-9H2,1H3. The second kappa shape index (κ2) is 5.16. The number of fused-ring (bicyclic) bond motifs is 1. The second-order valence-corrected chi connectivity index (χ2v) is 6.71. The SMILES string of the molecule is CNC1=C(C(=O)N2CCOCC2)S(=O)(=O)c2ccccc21. The summed E-state index contributed by atoms with van der Waals surface area (Å²) in [5.74, 6) is -0.459. The lowest BCUT2D eigenvalue weighted by Gasteiger charge is -2.27. The molecule has 0 unspecified atom stereocenters. The van der Waals surface area contributed by atoms with Gasteiger partial charge in [-0.3, -0.25) is 4.79 Å². The van der Waals surface area contributed by atoms with Gasteiger partial charge in [-0.05, 0) is 6.07 Å². The Balaban J connectivity index is 2.10. The number of benzene rings is 1. The lowest BCUT2D eigenvalue weighted by molar-refractivity contribution is -0.130. The lowest BCUT2D eigenvalue weighted by atomic mass is 10.1. The fourth-order valence-electron chi connectivity index (χ4n) is 2.65. The quantitative estimate of drug-likeness (QED) is 0.846. The van der Waals surface area contributed by atoms with Gasteiger partial charge in [0, 0.05) is 25.7 Å². The molecule has 2 aliphatic heterocycles. The summed E-state index contributed by atoms with van der Waals surface area (Å²) in [4.78, 5) is 14.2. The van der Waals surface area contributed by atoms with E-state index in [-0.39, 0.29) is 9.80 Å². The summed E-state index contributed by atoms with van der Waals surface area (Å²) < 4.78 is 30.5. The van der Waals surface area contributed by atoms with E-state index in [2.05, 4.69) is 5.32 Å². The fraction of sp³-hybridized carbons (Fsp3) is 0.357. The molecule has 0 aromatic heterocycles. The van der Waals surface area contributed by atoms with Gasteiger partial charge < -0.3 is 15.0 Å². The van der Waals surface area contributed by atoms with Crippen molar-refractivity contribution in [3.05, 3.63) is 34.7 Å². The van der Waals surface area contributed by atoms with Crippen LogP contribution in [-0.4, -0.2) is 52.6 Å². The summed E-state index contributed by atoms with van der Waals surface area (Å²) in [6.07, 6.45) is 0. The first kappa shape index (κ1) is 14.1. The molecule has 1 N–H and O–H groups in total. The highest BCUT2D eigenvalue weighted by atomic mass is 32.2. The van der Waals surface area contributed by atoms with Gasteiger partial charge >= 0.3 is 0 Å². The number of carbonyl (C=O) groups is 1. The second-order valence-electron chi connectivity index (χ2n) is 4.86. The molecule has 2 aliphatic rings. The average Bonchev–Trinajstić information content (AvgIpc) is 2.75. The van der Waals surface area contributed by atoms with Crippen LogP contribution in [0.25, 0.3) is 5.70 Å². The molecule has 0 saturated carbocycles. The van der Waals surface area contributed by atoms with Gasteiger partial charge in [0.05, 0.1) is 23.8 Å². The Hall–Kier alpha value is -1.86. The monoisotopic (exact) mass is 308 g/mol. The summed E-state index contributed by atoms with van der Waals surface area (Å²) in [6.45, 7) is 1.68. The molecular formula is C14H16N2O4S. The summed E-state index contributed by atoms with van der Waals surface area (Å²) in [5.41, 5.74) is 0.929. The van der Waals surface area contributed by atoms with E-state index in [9.17, 15) is 13.2 Å². The normalized spacial score (nSPS) is 20.3. The minimum absolute atomic E-state index is 0.159. The van der Waals surface area contributed by atoms with Gasteiger partial charge in [-0.25, -0.2) is 8.42 Å². The molecule has 3 rings (SSSR count). The number of morpholine rings is 1. The maximum Gasteiger partial charge on any atom is 0.268 e. The van der Waals surface area contributed by atoms with Gasteiger partial charge in [-0.15, -0.1) is 0 Å². The first-order valence-electron chi connectivity index (χ1n) is 6.71. The Labute approximate surface area is 123 Å². The molecule has 6 nitrogen and oxygen atoms in total. The predicted octanol–water partition coefficient (Wildman–Crippen LogP) is 0.221. The van der Waals surface area contributed by atoms with Gasteiger partial charge in [0.25, 0.3) is 5.91 Å². The highest BCUT2D eigenvalue weighted by Gasteiger charge is 2.41. The molecular weight excluding hydrogens is 292 g/mol. The Morgan fingerprint density at radius 2 is 1.90 bits per heavy atom. The first-order valence-corrected chi connectivity index (χ1v) is 8.19. The smallest absolute Gasteiger partial charge is 0.268 e. The summed E-state index contributed by atoms with van der Waals surface area (Å²) >= 11 is 0. The summed E-state index contributed by atoms with van der Waals surface area (Å²) in [6, 6.07) is 6.65. The van der Waals surface area contributed by atoms with Crippen LogP contribution in [0.2, 0.25) is 0 Å². The number of ether oxygens (including phenoxy) is 1. The van der Waals surface area contributed by atoms with Gasteiger partial charge in [0.2, 0.25) is 9.84 Å². The van der Waals surface area contributed by atoms with Crippen LogP contribution in [0.15, 0.2) is 34.1 Å². The van der Waals surface area contributed by atoms with E-state index >= 15 is 0 Å². The van der Waals surface area contributed by atoms with Crippen LogP contribution in [0.3, 0.4) is 0 Å². The van der Waals surface area contributed by atoms with Gasteiger partial charge in [0.15, 0.2) is 4.91 Å². The van der Waals surface area contributed by atoms with Crippen LogP contribution in [0, 0.1) is 0 Å². The molecule has 0 atom stereocenters. The van der Waals surface area contributed by atoms with E-state index in [4.69, 9.17) is 4.74 Å². The lowest BCUT2D eigenvalue weighted by Crippen LogP contribution is -2.42. The number of amides is 1. The average molecular weight is 308 g/mol. The van der Waals surface area contributed by atoms with Crippen molar-refractivity contribution < 1.29 is 17.9 Å². The molecule has 112 valence electrons. The highest BCUT2D eigenvalue weighted by Crippen LogP contribution is 2.38. The van der Waals surface area contributed by atoms with Gasteiger partial charge in [-0.1, -0.05) is 18.2 Å². The molecule has 1 aromatic carbocycles. The highest BCUT2D eigenvalue weighted by molar-refractivity contribution is 7.97. The zero-order chi connectivity index (χ0) is 15.0. The maximum absolute atomic E-state index is 12.7. The van der Waals surface area contributed by atoms with Crippen molar-refractivity contribution >= 4 is 21.4 Å². The first-order chi connectivity index (χ1) is 10.1. The molecule has 1 saturated heterocycles. The third-order valence-corrected chi connectivity index (χ3v) is 5.54. The Morgan fingerprint density at radius 1 is 1.24 bits per heavy atom. The summed E-state index contributed by atoms with van der Waals surface area (Å²) in [5, 5.41) is 2.87. The van der Waals surface area contributed by atoms with E-state index < -0.39 is 15.7 Å². The molecule has 0 spiro atoms. The van der Waals surface area contributed by atoms with Crippen molar-refractivity contribution in [3.8, 4) is 0 Å². The van der Waals surface area contributed by atoms with Crippen molar-refractivity contribution in [1.29, 1.82) is 0 Å². The Morgan fingerprint density at radius 3 is 2.57 bits per heavy atom. The van der Waals surface area contributed by atoms with E-state index in [1.165, 1.54) is 11.0 Å². The minimum Gasteiger partial charge on any atom is -0.386 e. The van der Waals surface area contributed by atoms with Crippen LogP contribution in [-0.2, 0) is 19.4 Å². The van der Waals surface area contributed by atoms with E-state index in [0.717, 1.165) is 0 Å². The molecule has 0 bridgehead atoms. The van der Waals surface area contributed by atoms with Crippen molar-refractivity contribution in [2.24, 2.45) is 0 Å². The Kier molecular flexibility index (Phi) is 3.46. The molecule has 0 radical (unpaired) electrons. The molecule has 1 aromatic rings. The van der Waals surface area contributed by atoms with Crippen LogP contribution in [0.4, 0.5) is 0 Å². The largest absolute Gasteiger partial charge is 0.386 e. The van der Waals surface area contributed by atoms with E-state index in [1.54, 1.807) is 25.2 Å². The van der Waals surface area contributed by atoms with Crippen LogP contribution >= 0.6 is 0 Å². The Bertz CT molecular complexity index is 718. The molecule has 21 heavy (non-hydrogen) atoms. The number of nitrogens with zero attached hydrogens (tertiary/aromatic N) is 1. The molecule has 1 amide bonds. The number of sulfone groups is 1. The van der Waals surface area contributed by atoms with Crippen LogP contribution < -0.4 is 5.32 Å². The van der Waals surface area contributed by atoms with Gasteiger partial charge in [0.1, 0.15) is 0 Å². The van der Waals surface area contributed by atoms with Crippen molar-refractivity contribution in [2.45, 2.75) is 4.90 Å². The minimum atomic E-state index is -3.77. The van der Waals surface area contributed by atoms with Gasteiger partial charge in [-0.2, -0.15) is 0 Å². The zero-order valence-electron chi connectivity index (χ0n) is 11.6. The molecule has 2 heterocycles.